The van der Waals surface area contributed by atoms with Gasteiger partial charge in [0.05, 0.1) is 0 Å². The Labute approximate surface area is 89.9 Å². The lowest BCUT2D eigenvalue weighted by molar-refractivity contribution is 1.32. The smallest absolute Gasteiger partial charge is 0.00137 e. The van der Waals surface area contributed by atoms with Crippen LogP contribution in [-0.4, -0.2) is 0 Å². The van der Waals surface area contributed by atoms with Crippen LogP contribution in [0.3, 0.4) is 0 Å². The summed E-state index contributed by atoms with van der Waals surface area (Å²) in [5.74, 6) is 0. The summed E-state index contributed by atoms with van der Waals surface area (Å²) in [4.78, 5) is 0. The van der Waals surface area contributed by atoms with Crippen LogP contribution in [0.25, 0.3) is 11.6 Å². The van der Waals surface area contributed by atoms with E-state index in [1.54, 1.807) is 0 Å². The van der Waals surface area contributed by atoms with Crippen molar-refractivity contribution in [1.82, 2.24) is 0 Å². The van der Waals surface area contributed by atoms with Crippen molar-refractivity contribution >= 4 is 11.6 Å². The van der Waals surface area contributed by atoms with Gasteiger partial charge in [0.15, 0.2) is 0 Å². The van der Waals surface area contributed by atoms with E-state index in [4.69, 9.17) is 0 Å². The Morgan fingerprint density at radius 1 is 0.933 bits per heavy atom. The summed E-state index contributed by atoms with van der Waals surface area (Å²) < 4.78 is 0. The van der Waals surface area contributed by atoms with Crippen molar-refractivity contribution in [3.05, 3.63) is 71.3 Å². The van der Waals surface area contributed by atoms with Gasteiger partial charge in [-0.2, -0.15) is 0 Å². The summed E-state index contributed by atoms with van der Waals surface area (Å²) in [7, 11) is 0. The molecule has 0 aromatic heterocycles. The molecule has 1 radical (unpaired) electrons. The van der Waals surface area contributed by atoms with Gasteiger partial charge in [-0.1, -0.05) is 54.6 Å². The molecule has 3 rings (SSSR count). The zero-order chi connectivity index (χ0) is 10.1. The Balaban J connectivity index is 2.02. The van der Waals surface area contributed by atoms with Crippen LogP contribution in [0, 0.1) is 6.07 Å². The van der Waals surface area contributed by atoms with E-state index >= 15 is 0 Å². The molecule has 0 atom stereocenters. The fourth-order valence-electron chi connectivity index (χ4n) is 2.07. The van der Waals surface area contributed by atoms with E-state index in [1.807, 2.05) is 12.1 Å². The van der Waals surface area contributed by atoms with Crippen LogP contribution in [0.5, 0.6) is 0 Å². The van der Waals surface area contributed by atoms with Crippen molar-refractivity contribution in [1.29, 1.82) is 0 Å². The first-order valence-corrected chi connectivity index (χ1v) is 5.18. The van der Waals surface area contributed by atoms with Crippen molar-refractivity contribution in [3.8, 4) is 0 Å². The fraction of sp³-hybridized carbons (Fsp3) is 0.0667. The van der Waals surface area contributed by atoms with Crippen LogP contribution in [0.1, 0.15) is 16.7 Å². The summed E-state index contributed by atoms with van der Waals surface area (Å²) in [5, 5.41) is 0. The number of benzene rings is 2. The van der Waals surface area contributed by atoms with E-state index in [0.29, 0.717) is 0 Å². The molecule has 0 saturated heterocycles. The van der Waals surface area contributed by atoms with Crippen LogP contribution >= 0.6 is 0 Å². The van der Waals surface area contributed by atoms with Gasteiger partial charge in [0, 0.05) is 0 Å². The van der Waals surface area contributed by atoms with Crippen LogP contribution < -0.4 is 0 Å². The minimum absolute atomic E-state index is 1.06. The monoisotopic (exact) mass is 191 g/mol. The molecule has 0 fully saturated rings. The quantitative estimate of drug-likeness (QED) is 0.646. The van der Waals surface area contributed by atoms with Crippen molar-refractivity contribution < 1.29 is 0 Å². The standard InChI is InChI=1S/C15H11/c1-2-6-12(7-3-1)15-10-13-8-4-5-9-14(13)11-15/h2-10H,11H2. The normalized spacial score (nSPS) is 13.5. The van der Waals surface area contributed by atoms with E-state index in [0.717, 1.165) is 6.42 Å². The Kier molecular flexibility index (Phi) is 1.92. The van der Waals surface area contributed by atoms with Crippen LogP contribution in [-0.2, 0) is 6.42 Å². The minimum atomic E-state index is 1.06. The predicted molar refractivity (Wildman–Crippen MR) is 63.3 cm³/mol. The molecular weight excluding hydrogens is 180 g/mol. The zero-order valence-electron chi connectivity index (χ0n) is 8.40. The minimum Gasteiger partial charge on any atom is -0.0619 e. The lowest BCUT2D eigenvalue weighted by Crippen LogP contribution is -1.84. The maximum atomic E-state index is 3.05. The second-order valence-corrected chi connectivity index (χ2v) is 3.83. The first-order valence-electron chi connectivity index (χ1n) is 5.18. The fourth-order valence-corrected chi connectivity index (χ4v) is 2.07. The highest BCUT2D eigenvalue weighted by molar-refractivity contribution is 5.88. The van der Waals surface area contributed by atoms with Gasteiger partial charge in [0.2, 0.25) is 0 Å². The largest absolute Gasteiger partial charge is 0.0619 e. The molecule has 0 unspecified atom stereocenters. The van der Waals surface area contributed by atoms with E-state index in [-0.39, 0.29) is 0 Å². The molecule has 1 aliphatic carbocycles. The highest BCUT2D eigenvalue weighted by Gasteiger charge is 2.12. The maximum absolute atomic E-state index is 3.05. The predicted octanol–water partition coefficient (Wildman–Crippen LogP) is 3.58. The first kappa shape index (κ1) is 8.49. The van der Waals surface area contributed by atoms with Gasteiger partial charge in [0.25, 0.3) is 0 Å². The van der Waals surface area contributed by atoms with Gasteiger partial charge in [-0.05, 0) is 34.8 Å². The Morgan fingerprint density at radius 3 is 2.53 bits per heavy atom. The third-order valence-corrected chi connectivity index (χ3v) is 2.85. The molecule has 1 aliphatic rings. The molecule has 2 aromatic rings. The number of rotatable bonds is 1. The van der Waals surface area contributed by atoms with Crippen LogP contribution in [0.15, 0.2) is 48.5 Å². The van der Waals surface area contributed by atoms with Gasteiger partial charge >= 0.3 is 0 Å². The summed E-state index contributed by atoms with van der Waals surface area (Å²) in [5.41, 5.74) is 5.51. The van der Waals surface area contributed by atoms with E-state index < -0.39 is 0 Å². The molecule has 2 aromatic carbocycles. The van der Waals surface area contributed by atoms with E-state index in [1.165, 1.54) is 22.3 Å². The van der Waals surface area contributed by atoms with Crippen LogP contribution in [0.2, 0.25) is 0 Å². The van der Waals surface area contributed by atoms with Crippen molar-refractivity contribution in [2.45, 2.75) is 6.42 Å². The number of allylic oxidation sites excluding steroid dienone is 1. The molecule has 0 aliphatic heterocycles. The Bertz CT molecular complexity index is 507. The summed E-state index contributed by atoms with van der Waals surface area (Å²) >= 11 is 0. The number of hydrogen-bond acceptors (Lipinski definition) is 0. The molecular formula is C15H11. The van der Waals surface area contributed by atoms with Gasteiger partial charge < -0.3 is 0 Å². The third kappa shape index (κ3) is 1.48. The van der Waals surface area contributed by atoms with E-state index in [9.17, 15) is 0 Å². The summed E-state index contributed by atoms with van der Waals surface area (Å²) in [6.07, 6.45) is 3.34. The molecule has 0 saturated carbocycles. The van der Waals surface area contributed by atoms with Gasteiger partial charge in [0.1, 0.15) is 0 Å². The molecule has 0 heterocycles. The lowest BCUT2D eigenvalue weighted by Gasteiger charge is -2.00. The van der Waals surface area contributed by atoms with Gasteiger partial charge in [-0.15, -0.1) is 0 Å². The average Bonchev–Trinajstić information content (AvgIpc) is 2.74. The molecule has 0 spiro atoms. The second kappa shape index (κ2) is 3.39. The molecule has 0 N–H and O–H groups in total. The molecule has 0 heteroatoms. The third-order valence-electron chi connectivity index (χ3n) is 2.85. The SMILES string of the molecule is [c]1ccc(C2=Cc3ccccc3C2)cc1. The maximum Gasteiger partial charge on any atom is -0.00137 e. The van der Waals surface area contributed by atoms with E-state index in [2.05, 4.69) is 48.5 Å². The molecule has 0 bridgehead atoms. The molecule has 0 nitrogen and oxygen atoms in total. The lowest BCUT2D eigenvalue weighted by atomic mass is 10.0. The second-order valence-electron chi connectivity index (χ2n) is 3.83. The van der Waals surface area contributed by atoms with Crippen LogP contribution in [0.4, 0.5) is 0 Å². The summed E-state index contributed by atoms with van der Waals surface area (Å²) in [6, 6.07) is 19.8. The molecule has 0 amide bonds. The number of hydrogen-bond donors (Lipinski definition) is 0. The highest BCUT2D eigenvalue weighted by Crippen LogP contribution is 2.30. The van der Waals surface area contributed by atoms with Crippen molar-refractivity contribution in [2.75, 3.05) is 0 Å². The van der Waals surface area contributed by atoms with Gasteiger partial charge in [-0.25, -0.2) is 0 Å². The topological polar surface area (TPSA) is 0 Å². The first-order chi connectivity index (χ1) is 7.43. The molecule has 15 heavy (non-hydrogen) atoms. The highest BCUT2D eigenvalue weighted by atomic mass is 14.2. The Hall–Kier alpha value is -1.82. The Morgan fingerprint density at radius 2 is 1.73 bits per heavy atom. The van der Waals surface area contributed by atoms with Crippen molar-refractivity contribution in [3.63, 3.8) is 0 Å². The van der Waals surface area contributed by atoms with Gasteiger partial charge in [-0.3, -0.25) is 0 Å². The molecule has 71 valence electrons. The average molecular weight is 191 g/mol. The zero-order valence-corrected chi connectivity index (χ0v) is 8.40. The summed E-state index contributed by atoms with van der Waals surface area (Å²) in [6.45, 7) is 0. The number of fused-ring (bicyclic) bond motifs is 1. The van der Waals surface area contributed by atoms with Crippen molar-refractivity contribution in [2.24, 2.45) is 0 Å².